The molecule has 1 aliphatic heterocycles. The summed E-state index contributed by atoms with van der Waals surface area (Å²) in [7, 11) is 0. The van der Waals surface area contributed by atoms with Crippen molar-refractivity contribution in [2.75, 3.05) is 13.2 Å². The lowest BCUT2D eigenvalue weighted by Crippen LogP contribution is -2.41. The van der Waals surface area contributed by atoms with E-state index < -0.39 is 0 Å². The van der Waals surface area contributed by atoms with Crippen LogP contribution in [0.3, 0.4) is 0 Å². The second-order valence-corrected chi connectivity index (χ2v) is 6.60. The molecule has 5 nitrogen and oxygen atoms in total. The maximum Gasteiger partial charge on any atom is 0.306 e. The van der Waals surface area contributed by atoms with Gasteiger partial charge < -0.3 is 9.47 Å². The summed E-state index contributed by atoms with van der Waals surface area (Å²) in [6, 6.07) is 7.66. The highest BCUT2D eigenvalue weighted by Gasteiger charge is 2.38. The maximum atomic E-state index is 12.0. The van der Waals surface area contributed by atoms with Crippen LogP contribution in [0.4, 0.5) is 0 Å². The van der Waals surface area contributed by atoms with Crippen molar-refractivity contribution in [3.63, 3.8) is 0 Å². The minimum absolute atomic E-state index is 0.0425. The Morgan fingerprint density at radius 1 is 1.26 bits per heavy atom. The van der Waals surface area contributed by atoms with Crippen molar-refractivity contribution in [3.05, 3.63) is 29.3 Å². The van der Waals surface area contributed by atoms with Gasteiger partial charge in [0.15, 0.2) is 0 Å². The van der Waals surface area contributed by atoms with Gasteiger partial charge in [-0.15, -0.1) is 0 Å². The van der Waals surface area contributed by atoms with Crippen LogP contribution < -0.4 is 15.6 Å². The number of rotatable bonds is 6. The number of nitrogens with one attached hydrogen (secondary N) is 2. The van der Waals surface area contributed by atoms with E-state index in [1.54, 1.807) is 12.1 Å². The van der Waals surface area contributed by atoms with Gasteiger partial charge >= 0.3 is 5.97 Å². The Morgan fingerprint density at radius 3 is 2.91 bits per heavy atom. The number of halogens is 1. The molecule has 6 heteroatoms. The predicted molar refractivity (Wildman–Crippen MR) is 88.3 cm³/mol. The minimum atomic E-state index is -0.123. The van der Waals surface area contributed by atoms with E-state index in [9.17, 15) is 4.79 Å². The molecule has 1 saturated heterocycles. The number of fused-ring (bicyclic) bond motifs is 1. The van der Waals surface area contributed by atoms with E-state index in [2.05, 4.69) is 10.9 Å². The smallest absolute Gasteiger partial charge is 0.306 e. The third-order valence-electron chi connectivity index (χ3n) is 4.51. The molecule has 3 atom stereocenters. The Hall–Kier alpha value is -1.30. The highest BCUT2D eigenvalue weighted by molar-refractivity contribution is 6.30. The Labute approximate surface area is 141 Å². The Balaban J connectivity index is 1.35. The van der Waals surface area contributed by atoms with Gasteiger partial charge in [0.2, 0.25) is 0 Å². The van der Waals surface area contributed by atoms with Crippen molar-refractivity contribution in [1.82, 2.24) is 10.9 Å². The van der Waals surface area contributed by atoms with Crippen molar-refractivity contribution in [2.24, 2.45) is 5.92 Å². The number of carbonyl (C=O) groups excluding carboxylic acids is 1. The number of esters is 1. The molecule has 1 saturated carbocycles. The molecule has 1 aromatic rings. The summed E-state index contributed by atoms with van der Waals surface area (Å²) >= 11 is 5.82. The van der Waals surface area contributed by atoms with Gasteiger partial charge in [-0.05, 0) is 49.9 Å². The summed E-state index contributed by atoms with van der Waals surface area (Å²) < 4.78 is 11.3. The van der Waals surface area contributed by atoms with Crippen LogP contribution in [0.15, 0.2) is 24.3 Å². The van der Waals surface area contributed by atoms with Gasteiger partial charge in [-0.2, -0.15) is 0 Å². The van der Waals surface area contributed by atoms with Gasteiger partial charge in [-0.25, -0.2) is 0 Å². The summed E-state index contributed by atoms with van der Waals surface area (Å²) in [6.45, 7) is 1.37. The van der Waals surface area contributed by atoms with E-state index in [0.29, 0.717) is 36.4 Å². The van der Waals surface area contributed by atoms with E-state index in [1.165, 1.54) is 0 Å². The first-order valence-electron chi connectivity index (χ1n) is 8.28. The van der Waals surface area contributed by atoms with Gasteiger partial charge in [-0.1, -0.05) is 11.6 Å². The van der Waals surface area contributed by atoms with Crippen LogP contribution in [0, 0.1) is 5.92 Å². The fourth-order valence-corrected chi connectivity index (χ4v) is 3.42. The Bertz CT molecular complexity index is 523. The summed E-state index contributed by atoms with van der Waals surface area (Å²) in [6.07, 6.45) is 4.31. The van der Waals surface area contributed by atoms with Crippen LogP contribution in [0.5, 0.6) is 5.75 Å². The van der Waals surface area contributed by atoms with Gasteiger partial charge in [0.1, 0.15) is 11.9 Å². The zero-order chi connectivity index (χ0) is 16.1. The van der Waals surface area contributed by atoms with Crippen LogP contribution in [-0.4, -0.2) is 31.3 Å². The van der Waals surface area contributed by atoms with Crippen molar-refractivity contribution in [2.45, 2.75) is 44.2 Å². The molecule has 2 N–H and O–H groups in total. The first kappa shape index (κ1) is 16.6. The summed E-state index contributed by atoms with van der Waals surface area (Å²) in [5.74, 6) is 1.04. The van der Waals surface area contributed by atoms with Gasteiger partial charge in [0, 0.05) is 29.9 Å². The van der Waals surface area contributed by atoms with Crippen LogP contribution in [0.1, 0.15) is 32.1 Å². The fraction of sp³-hybridized carbons (Fsp3) is 0.588. The zero-order valence-electron chi connectivity index (χ0n) is 13.1. The zero-order valence-corrected chi connectivity index (χ0v) is 13.8. The molecular formula is C17H23ClN2O3. The number of hydrogen-bond acceptors (Lipinski definition) is 5. The average molecular weight is 339 g/mol. The number of hydrazine groups is 1. The molecule has 3 unspecified atom stereocenters. The topological polar surface area (TPSA) is 59.6 Å². The van der Waals surface area contributed by atoms with E-state index in [1.807, 2.05) is 12.1 Å². The summed E-state index contributed by atoms with van der Waals surface area (Å²) in [5.41, 5.74) is 6.44. The molecule has 0 aromatic heterocycles. The molecule has 2 fully saturated rings. The lowest BCUT2D eigenvalue weighted by Gasteiger charge is -2.32. The van der Waals surface area contributed by atoms with E-state index in [-0.39, 0.29) is 12.1 Å². The lowest BCUT2D eigenvalue weighted by atomic mass is 9.83. The largest absolute Gasteiger partial charge is 0.494 e. The highest BCUT2D eigenvalue weighted by atomic mass is 35.5. The van der Waals surface area contributed by atoms with E-state index in [0.717, 1.165) is 31.6 Å². The normalized spacial score (nSPS) is 26.6. The molecule has 1 heterocycles. The second kappa shape index (κ2) is 7.99. The average Bonchev–Trinajstić information content (AvgIpc) is 3.03. The maximum absolute atomic E-state index is 12.0. The SMILES string of the molecule is O=C(CCCOc1ccc(Cl)cc1)OC1CCCC2NNCC21. The van der Waals surface area contributed by atoms with Crippen LogP contribution in [-0.2, 0) is 9.53 Å². The standard InChI is InChI=1S/C17H23ClN2O3/c18-12-6-8-13(9-7-12)22-10-2-5-17(21)23-16-4-1-3-15-14(16)11-19-20-15/h6-9,14-16,19-20H,1-5,10-11H2. The molecule has 126 valence electrons. The van der Waals surface area contributed by atoms with E-state index in [4.69, 9.17) is 21.1 Å². The quantitative estimate of drug-likeness (QED) is 0.617. The summed E-state index contributed by atoms with van der Waals surface area (Å²) in [4.78, 5) is 12.0. The molecule has 2 aliphatic rings. The molecule has 0 bridgehead atoms. The third kappa shape index (κ3) is 4.59. The molecule has 0 radical (unpaired) electrons. The van der Waals surface area contributed by atoms with E-state index >= 15 is 0 Å². The van der Waals surface area contributed by atoms with Gasteiger partial charge in [0.25, 0.3) is 0 Å². The first-order chi connectivity index (χ1) is 11.2. The second-order valence-electron chi connectivity index (χ2n) is 6.16. The van der Waals surface area contributed by atoms with Gasteiger partial charge in [-0.3, -0.25) is 15.6 Å². The number of ether oxygens (including phenoxy) is 2. The molecule has 23 heavy (non-hydrogen) atoms. The molecule has 1 aromatic carbocycles. The number of hydrogen-bond donors (Lipinski definition) is 2. The number of benzene rings is 1. The fourth-order valence-electron chi connectivity index (χ4n) is 3.30. The summed E-state index contributed by atoms with van der Waals surface area (Å²) in [5, 5.41) is 0.683. The molecule has 1 aliphatic carbocycles. The molecule has 0 spiro atoms. The first-order valence-corrected chi connectivity index (χ1v) is 8.66. The van der Waals surface area contributed by atoms with Crippen LogP contribution >= 0.6 is 11.6 Å². The van der Waals surface area contributed by atoms with Crippen LogP contribution in [0.25, 0.3) is 0 Å². The van der Waals surface area contributed by atoms with Crippen LogP contribution in [0.2, 0.25) is 5.02 Å². The van der Waals surface area contributed by atoms with Crippen molar-refractivity contribution < 1.29 is 14.3 Å². The Morgan fingerprint density at radius 2 is 2.09 bits per heavy atom. The molecule has 3 rings (SSSR count). The number of carbonyl (C=O) groups is 1. The molecule has 0 amide bonds. The minimum Gasteiger partial charge on any atom is -0.494 e. The van der Waals surface area contributed by atoms with Crippen molar-refractivity contribution in [1.29, 1.82) is 0 Å². The lowest BCUT2D eigenvalue weighted by molar-refractivity contribution is -0.153. The van der Waals surface area contributed by atoms with Crippen molar-refractivity contribution >= 4 is 17.6 Å². The third-order valence-corrected chi connectivity index (χ3v) is 4.77. The molecular weight excluding hydrogens is 316 g/mol. The monoisotopic (exact) mass is 338 g/mol. The predicted octanol–water partition coefficient (Wildman–Crippen LogP) is 2.69. The van der Waals surface area contributed by atoms with Crippen molar-refractivity contribution in [3.8, 4) is 5.75 Å². The Kier molecular flexibility index (Phi) is 5.75. The van der Waals surface area contributed by atoms with Gasteiger partial charge in [0.05, 0.1) is 6.61 Å². The highest BCUT2D eigenvalue weighted by Crippen LogP contribution is 2.29.